The first-order valence-electron chi connectivity index (χ1n) is 5.40. The van der Waals surface area contributed by atoms with Gasteiger partial charge in [-0.15, -0.1) is 13.2 Å². The third-order valence-electron chi connectivity index (χ3n) is 1.13. The van der Waals surface area contributed by atoms with Crippen LogP contribution < -0.4 is 5.32 Å². The van der Waals surface area contributed by atoms with Crippen molar-refractivity contribution in [1.29, 1.82) is 0 Å². The van der Waals surface area contributed by atoms with Gasteiger partial charge in [-0.3, -0.25) is 0 Å². The second kappa shape index (κ2) is 50.6. The van der Waals surface area contributed by atoms with Gasteiger partial charge in [-0.2, -0.15) is 0 Å². The number of carbonyl (C=O) groups excluding carboxylic acids is 1. The number of ether oxygens (including phenoxy) is 1. The van der Waals surface area contributed by atoms with Gasteiger partial charge >= 0.3 is 0 Å². The van der Waals surface area contributed by atoms with Crippen LogP contribution in [0.5, 0.6) is 0 Å². The number of methoxy groups -OCH3 is 1. The maximum Gasteiger partial charge on any atom is 0.106 e. The third-order valence-corrected chi connectivity index (χ3v) is 1.13. The zero-order valence-electron chi connectivity index (χ0n) is 11.0. The van der Waals surface area contributed by atoms with Gasteiger partial charge in [0.15, 0.2) is 0 Å². The Balaban J connectivity index is -0.0000000860. The van der Waals surface area contributed by atoms with Gasteiger partial charge in [0, 0.05) is 13.7 Å². The summed E-state index contributed by atoms with van der Waals surface area (Å²) >= 11 is 0. The molecule has 0 amide bonds. The predicted molar refractivity (Wildman–Crippen MR) is 69.4 cm³/mol. The van der Waals surface area contributed by atoms with Crippen LogP contribution in [0.1, 0.15) is 33.6 Å². The molecule has 0 atom stereocenters. The largest absolute Gasteiger partial charge is 0.385 e. The van der Waals surface area contributed by atoms with Crippen molar-refractivity contribution in [2.45, 2.75) is 33.6 Å². The number of rotatable bonds is 6. The van der Waals surface area contributed by atoms with E-state index < -0.39 is 0 Å². The van der Waals surface area contributed by atoms with Crippen molar-refractivity contribution in [3.8, 4) is 0 Å². The fraction of sp³-hybridized carbons (Fsp3) is 0.750. The van der Waals surface area contributed by atoms with Crippen LogP contribution in [-0.4, -0.2) is 33.6 Å². The summed E-state index contributed by atoms with van der Waals surface area (Å²) in [7, 11) is 1.74. The number of hydrogen-bond donors (Lipinski definition) is 1. The van der Waals surface area contributed by atoms with E-state index in [9.17, 15) is 0 Å². The van der Waals surface area contributed by atoms with E-state index in [4.69, 9.17) is 9.53 Å². The third kappa shape index (κ3) is 60.2. The van der Waals surface area contributed by atoms with Gasteiger partial charge in [-0.1, -0.05) is 20.8 Å². The molecule has 3 heteroatoms. The normalized spacial score (nSPS) is 6.93. The fourth-order valence-electron chi connectivity index (χ4n) is 0.643. The van der Waals surface area contributed by atoms with Crippen LogP contribution in [0.15, 0.2) is 13.2 Å². The van der Waals surface area contributed by atoms with Crippen molar-refractivity contribution in [3.05, 3.63) is 13.2 Å². The molecule has 1 N–H and O–H groups in total. The summed E-state index contributed by atoms with van der Waals surface area (Å²) in [5, 5.41) is 3.29. The molecule has 0 saturated carbocycles. The van der Waals surface area contributed by atoms with Gasteiger partial charge in [0.2, 0.25) is 0 Å². The number of carbonyl (C=O) groups is 1. The molecule has 0 bridgehead atoms. The summed E-state index contributed by atoms with van der Waals surface area (Å²) < 4.78 is 4.88. The fourth-order valence-corrected chi connectivity index (χ4v) is 0.643. The molecule has 0 aliphatic heterocycles. The Morgan fingerprint density at radius 1 is 1.13 bits per heavy atom. The molecule has 0 saturated heterocycles. The minimum atomic E-state index is 0.872. The summed E-state index contributed by atoms with van der Waals surface area (Å²) in [6.45, 7) is 17.3. The smallest absolute Gasteiger partial charge is 0.106 e. The molecule has 3 nitrogen and oxygen atoms in total. The lowest BCUT2D eigenvalue weighted by Gasteiger charge is -2.00. The summed E-state index contributed by atoms with van der Waals surface area (Å²) in [5.74, 6) is 0. The summed E-state index contributed by atoms with van der Waals surface area (Å²) in [4.78, 5) is 8.00. The molecule has 15 heavy (non-hydrogen) atoms. The van der Waals surface area contributed by atoms with E-state index in [-0.39, 0.29) is 0 Å². The van der Waals surface area contributed by atoms with E-state index in [1.54, 1.807) is 7.11 Å². The van der Waals surface area contributed by atoms with Gasteiger partial charge in [-0.05, 0) is 25.9 Å². The molecule has 0 aliphatic carbocycles. The highest BCUT2D eigenvalue weighted by atomic mass is 16.5. The molecule has 0 aromatic heterocycles. The Morgan fingerprint density at radius 3 is 1.93 bits per heavy atom. The molecule has 94 valence electrons. The SMILES string of the molecule is C=C.C=O.CC.CCCNCCCOC. The van der Waals surface area contributed by atoms with Crippen molar-refractivity contribution in [3.63, 3.8) is 0 Å². The van der Waals surface area contributed by atoms with E-state index in [0.29, 0.717) is 0 Å². The molecule has 0 spiro atoms. The molecule has 0 aromatic carbocycles. The lowest BCUT2D eigenvalue weighted by molar-refractivity contribution is -0.0979. The quantitative estimate of drug-likeness (QED) is 0.551. The lowest BCUT2D eigenvalue weighted by atomic mass is 10.4. The van der Waals surface area contributed by atoms with Crippen LogP contribution in [0.3, 0.4) is 0 Å². The molecule has 0 rings (SSSR count). The molecule has 0 unspecified atom stereocenters. The van der Waals surface area contributed by atoms with Crippen LogP contribution in [0.4, 0.5) is 0 Å². The van der Waals surface area contributed by atoms with Crippen molar-refractivity contribution in [2.75, 3.05) is 26.8 Å². The van der Waals surface area contributed by atoms with Crippen molar-refractivity contribution < 1.29 is 9.53 Å². The van der Waals surface area contributed by atoms with Crippen molar-refractivity contribution in [1.82, 2.24) is 5.32 Å². The van der Waals surface area contributed by atoms with E-state index >= 15 is 0 Å². The minimum absolute atomic E-state index is 0.872. The van der Waals surface area contributed by atoms with Gasteiger partial charge in [-0.25, -0.2) is 0 Å². The zero-order chi connectivity index (χ0) is 12.9. The molecular weight excluding hydrogens is 190 g/mol. The average Bonchev–Trinajstić information content (AvgIpc) is 2.37. The second-order valence-corrected chi connectivity index (χ2v) is 2.10. The Hall–Kier alpha value is -0.670. The first kappa shape index (κ1) is 23.9. The molecule has 0 fully saturated rings. The Labute approximate surface area is 95.9 Å². The summed E-state index contributed by atoms with van der Waals surface area (Å²) in [6.07, 6.45) is 2.34. The Morgan fingerprint density at radius 2 is 1.60 bits per heavy atom. The van der Waals surface area contributed by atoms with Gasteiger partial charge < -0.3 is 14.8 Å². The van der Waals surface area contributed by atoms with Crippen molar-refractivity contribution in [2.24, 2.45) is 0 Å². The number of nitrogens with one attached hydrogen (secondary N) is 1. The highest BCUT2D eigenvalue weighted by Crippen LogP contribution is 1.77. The van der Waals surface area contributed by atoms with E-state index in [1.807, 2.05) is 20.6 Å². The lowest BCUT2D eigenvalue weighted by Crippen LogP contribution is -2.17. The van der Waals surface area contributed by atoms with Crippen LogP contribution in [0.2, 0.25) is 0 Å². The first-order chi connectivity index (χ1) is 7.41. The maximum absolute atomic E-state index is 8.00. The molecule has 0 heterocycles. The van der Waals surface area contributed by atoms with E-state index in [1.165, 1.54) is 6.42 Å². The zero-order valence-corrected chi connectivity index (χ0v) is 11.0. The molecular formula is C12H29NO2. The standard InChI is InChI=1S/C7H17NO.C2H6.C2H4.CH2O/c1-3-5-8-6-4-7-9-2;3*1-2/h8H,3-7H2,1-2H3;1-2H3;1-2H2;1H2. The topological polar surface area (TPSA) is 38.3 Å². The highest BCUT2D eigenvalue weighted by Gasteiger charge is 1.83. The second-order valence-electron chi connectivity index (χ2n) is 2.10. The Bertz CT molecular complexity index is 62.6. The molecule has 0 aromatic rings. The summed E-state index contributed by atoms with van der Waals surface area (Å²) in [5.41, 5.74) is 0. The predicted octanol–water partition coefficient (Wildman–Crippen LogP) is 2.67. The van der Waals surface area contributed by atoms with Crippen molar-refractivity contribution >= 4 is 6.79 Å². The van der Waals surface area contributed by atoms with Gasteiger partial charge in [0.1, 0.15) is 6.79 Å². The monoisotopic (exact) mass is 219 g/mol. The minimum Gasteiger partial charge on any atom is -0.385 e. The van der Waals surface area contributed by atoms with Gasteiger partial charge in [0.25, 0.3) is 0 Å². The van der Waals surface area contributed by atoms with E-state index in [0.717, 1.165) is 26.1 Å². The maximum atomic E-state index is 8.00. The van der Waals surface area contributed by atoms with E-state index in [2.05, 4.69) is 25.4 Å². The van der Waals surface area contributed by atoms with Gasteiger partial charge in [0.05, 0.1) is 0 Å². The van der Waals surface area contributed by atoms with Crippen LogP contribution in [0.25, 0.3) is 0 Å². The highest BCUT2D eigenvalue weighted by molar-refractivity contribution is 5.10. The number of hydrogen-bond acceptors (Lipinski definition) is 3. The average molecular weight is 219 g/mol. The van der Waals surface area contributed by atoms with Crippen LogP contribution in [0, 0.1) is 0 Å². The molecule has 0 aliphatic rings. The first-order valence-corrected chi connectivity index (χ1v) is 5.40. The molecule has 0 radical (unpaired) electrons. The van der Waals surface area contributed by atoms with Crippen LogP contribution >= 0.6 is 0 Å². The van der Waals surface area contributed by atoms with Crippen LogP contribution in [-0.2, 0) is 9.53 Å². The summed E-state index contributed by atoms with van der Waals surface area (Å²) in [6, 6.07) is 0. The Kier molecular flexibility index (Phi) is 80.5.